The van der Waals surface area contributed by atoms with Gasteiger partial charge in [0, 0.05) is 26.4 Å². The summed E-state index contributed by atoms with van der Waals surface area (Å²) in [6.45, 7) is 9.70. The number of carbonyl (C=O) groups is 2. The summed E-state index contributed by atoms with van der Waals surface area (Å²) in [5.74, 6) is -0.760. The number of benzene rings is 1. The first-order valence-electron chi connectivity index (χ1n) is 14.0. The normalized spacial score (nSPS) is 35.7. The molecule has 1 saturated carbocycles. The molecule has 39 heavy (non-hydrogen) atoms. The maximum Gasteiger partial charge on any atom is 0.223 e. The number of ketones is 1. The zero-order valence-corrected chi connectivity index (χ0v) is 23.0. The molecule has 3 fully saturated rings. The second-order valence-corrected chi connectivity index (χ2v) is 11.8. The van der Waals surface area contributed by atoms with Gasteiger partial charge in [0.05, 0.1) is 53.8 Å². The topological polar surface area (TPSA) is 134 Å². The Hall–Kier alpha value is -2.59. The van der Waals surface area contributed by atoms with E-state index in [4.69, 9.17) is 13.9 Å². The smallest absolute Gasteiger partial charge is 0.223 e. The minimum Gasteiger partial charge on any atom is -0.441 e. The van der Waals surface area contributed by atoms with Crippen molar-refractivity contribution in [2.45, 2.75) is 102 Å². The molecular weight excluding hydrogens is 500 g/mol. The van der Waals surface area contributed by atoms with Gasteiger partial charge >= 0.3 is 0 Å². The number of carbonyl (C=O) groups excluding carboxylic acids is 2. The summed E-state index contributed by atoms with van der Waals surface area (Å²) >= 11 is 0. The van der Waals surface area contributed by atoms with Crippen molar-refractivity contribution < 1.29 is 33.7 Å². The molecule has 7 atom stereocenters. The molecule has 9 nitrogen and oxygen atoms in total. The van der Waals surface area contributed by atoms with Gasteiger partial charge in [0.2, 0.25) is 5.91 Å². The number of aryl methyl sites for hydroxylation is 1. The lowest BCUT2D eigenvalue weighted by atomic mass is 9.58. The highest BCUT2D eigenvalue weighted by Crippen LogP contribution is 2.49. The quantitative estimate of drug-likeness (QED) is 0.396. The largest absolute Gasteiger partial charge is 0.441 e. The van der Waals surface area contributed by atoms with E-state index in [2.05, 4.69) is 16.9 Å². The molecule has 212 valence electrons. The van der Waals surface area contributed by atoms with E-state index in [0.29, 0.717) is 49.3 Å². The minimum absolute atomic E-state index is 0.104. The van der Waals surface area contributed by atoms with Gasteiger partial charge in [-0.3, -0.25) is 9.59 Å². The van der Waals surface area contributed by atoms with E-state index in [1.54, 1.807) is 19.9 Å². The highest BCUT2D eigenvalue weighted by molar-refractivity contribution is 5.90. The van der Waals surface area contributed by atoms with Crippen LogP contribution in [0.5, 0.6) is 0 Å². The molecule has 2 aromatic rings. The molecule has 0 radical (unpaired) electrons. The number of allylic oxidation sites excluding steroid dienone is 1. The SMILES string of the molecule is C=CC[C@H]1C(=O)C2(CCC2)[C@@H](O)CC(=O)N[C@H](c2ccc3oc(C)nc3c2)C[C@@H]2O[C@]2(C)CCO[C@H](C)[C@H]1O. The third-order valence-electron chi connectivity index (χ3n) is 9.12. The number of epoxide rings is 1. The average Bonchev–Trinajstić information content (AvgIpc) is 3.32. The van der Waals surface area contributed by atoms with Crippen LogP contribution in [0.2, 0.25) is 0 Å². The number of oxazole rings is 1. The third kappa shape index (κ3) is 5.42. The van der Waals surface area contributed by atoms with Gasteiger partial charge in [0.25, 0.3) is 0 Å². The zero-order chi connectivity index (χ0) is 27.9. The lowest BCUT2D eigenvalue weighted by molar-refractivity contribution is -0.158. The minimum atomic E-state index is -1.16. The van der Waals surface area contributed by atoms with E-state index < -0.39 is 35.2 Å². The summed E-state index contributed by atoms with van der Waals surface area (Å²) in [5, 5.41) is 25.5. The molecule has 1 amide bonds. The Labute approximate surface area is 229 Å². The van der Waals surface area contributed by atoms with Crippen molar-refractivity contribution in [3.05, 3.63) is 42.3 Å². The second-order valence-electron chi connectivity index (χ2n) is 11.8. The van der Waals surface area contributed by atoms with E-state index >= 15 is 0 Å². The lowest BCUT2D eigenvalue weighted by Crippen LogP contribution is -2.54. The average molecular weight is 541 g/mol. The Morgan fingerprint density at radius 1 is 1.23 bits per heavy atom. The van der Waals surface area contributed by atoms with Gasteiger partial charge in [-0.15, -0.1) is 6.58 Å². The Bertz CT molecular complexity index is 1240. The molecule has 2 saturated heterocycles. The molecule has 1 spiro atoms. The number of nitrogens with one attached hydrogen (secondary N) is 1. The molecule has 2 aliphatic heterocycles. The second kappa shape index (κ2) is 10.8. The van der Waals surface area contributed by atoms with Crippen LogP contribution in [0, 0.1) is 18.3 Å². The summed E-state index contributed by atoms with van der Waals surface area (Å²) in [5.41, 5.74) is 0.760. The number of aromatic nitrogens is 1. The number of amides is 1. The molecule has 0 bridgehead atoms. The van der Waals surface area contributed by atoms with Gasteiger partial charge in [0.1, 0.15) is 11.3 Å². The molecule has 0 unspecified atom stereocenters. The molecule has 1 aliphatic carbocycles. The molecule has 5 rings (SSSR count). The molecule has 9 heteroatoms. The first kappa shape index (κ1) is 28.0. The molecule has 1 aromatic carbocycles. The Morgan fingerprint density at radius 2 is 2.00 bits per heavy atom. The summed E-state index contributed by atoms with van der Waals surface area (Å²) in [6, 6.07) is 5.29. The number of rotatable bonds is 3. The van der Waals surface area contributed by atoms with Gasteiger partial charge in [-0.05, 0) is 50.8 Å². The standard InChI is InChI=1S/C30H40N2O7/c1-5-7-20-27(35)17(2)37-13-12-29(4)25(39-29)15-21(19-8-9-23-22(14-19)31-18(3)38-23)32-26(34)16-24(33)30(28(20)36)10-6-11-30/h5,8-9,14,17,20-21,24-25,27,33,35H,1,6-7,10-13,15-16H2,2-4H3,(H,32,34)/t17-,20-,21+,24+,25+,27-,29-/m1/s1. The van der Waals surface area contributed by atoms with E-state index in [1.165, 1.54) is 0 Å². The zero-order valence-electron chi connectivity index (χ0n) is 23.0. The van der Waals surface area contributed by atoms with Crippen molar-refractivity contribution >= 4 is 22.8 Å². The van der Waals surface area contributed by atoms with Crippen molar-refractivity contribution in [1.29, 1.82) is 0 Å². The number of aliphatic hydroxyl groups is 2. The van der Waals surface area contributed by atoms with Crippen molar-refractivity contribution in [3.8, 4) is 0 Å². The lowest BCUT2D eigenvalue weighted by Gasteiger charge is -2.46. The Balaban J connectivity index is 1.44. The van der Waals surface area contributed by atoms with Crippen LogP contribution >= 0.6 is 0 Å². The highest BCUT2D eigenvalue weighted by atomic mass is 16.6. The van der Waals surface area contributed by atoms with Gasteiger partial charge in [0.15, 0.2) is 11.5 Å². The summed E-state index contributed by atoms with van der Waals surface area (Å²) in [4.78, 5) is 31.6. The predicted octanol–water partition coefficient (Wildman–Crippen LogP) is 3.69. The van der Waals surface area contributed by atoms with Gasteiger partial charge in [-0.1, -0.05) is 18.6 Å². The van der Waals surface area contributed by atoms with Crippen LogP contribution in [0.25, 0.3) is 11.1 Å². The number of aliphatic hydroxyl groups excluding tert-OH is 2. The Morgan fingerprint density at radius 3 is 2.69 bits per heavy atom. The van der Waals surface area contributed by atoms with Crippen LogP contribution in [-0.4, -0.2) is 63.5 Å². The van der Waals surface area contributed by atoms with E-state index in [1.807, 2.05) is 25.1 Å². The summed E-state index contributed by atoms with van der Waals surface area (Å²) < 4.78 is 17.7. The third-order valence-corrected chi connectivity index (χ3v) is 9.12. The first-order valence-corrected chi connectivity index (χ1v) is 14.0. The van der Waals surface area contributed by atoms with Crippen molar-refractivity contribution in [2.75, 3.05) is 6.61 Å². The number of ether oxygens (including phenoxy) is 2. The van der Waals surface area contributed by atoms with Crippen LogP contribution in [0.4, 0.5) is 0 Å². The van der Waals surface area contributed by atoms with Crippen molar-refractivity contribution in [2.24, 2.45) is 11.3 Å². The van der Waals surface area contributed by atoms with E-state index in [0.717, 1.165) is 12.0 Å². The van der Waals surface area contributed by atoms with Gasteiger partial charge in [-0.25, -0.2) is 4.98 Å². The number of Topliss-reactive ketones (excluding diaryl/α,β-unsaturated/α-hetero) is 1. The fourth-order valence-electron chi connectivity index (χ4n) is 6.33. The van der Waals surface area contributed by atoms with Gasteiger partial charge < -0.3 is 29.4 Å². The van der Waals surface area contributed by atoms with Crippen LogP contribution < -0.4 is 5.32 Å². The van der Waals surface area contributed by atoms with Crippen LogP contribution in [-0.2, 0) is 19.1 Å². The highest BCUT2D eigenvalue weighted by Gasteiger charge is 2.55. The first-order chi connectivity index (χ1) is 18.6. The van der Waals surface area contributed by atoms with Crippen LogP contribution in [0.3, 0.4) is 0 Å². The molecule has 1 aromatic heterocycles. The molecular formula is C30H40N2O7. The molecule has 3 aliphatic rings. The summed E-state index contributed by atoms with van der Waals surface area (Å²) in [7, 11) is 0. The van der Waals surface area contributed by atoms with Gasteiger partial charge in [-0.2, -0.15) is 0 Å². The van der Waals surface area contributed by atoms with Crippen molar-refractivity contribution in [3.63, 3.8) is 0 Å². The molecule has 3 N–H and O–H groups in total. The monoisotopic (exact) mass is 540 g/mol. The number of hydrogen-bond donors (Lipinski definition) is 3. The fourth-order valence-corrected chi connectivity index (χ4v) is 6.33. The number of fused-ring (bicyclic) bond motifs is 2. The number of hydrogen-bond acceptors (Lipinski definition) is 8. The Kier molecular flexibility index (Phi) is 7.72. The van der Waals surface area contributed by atoms with Crippen LogP contribution in [0.15, 0.2) is 35.3 Å². The number of nitrogens with zero attached hydrogens (tertiary/aromatic N) is 1. The molecule has 3 heterocycles. The van der Waals surface area contributed by atoms with Crippen LogP contribution in [0.1, 0.15) is 76.3 Å². The predicted molar refractivity (Wildman–Crippen MR) is 144 cm³/mol. The van der Waals surface area contributed by atoms with Crippen molar-refractivity contribution in [1.82, 2.24) is 10.3 Å². The van der Waals surface area contributed by atoms with E-state index in [-0.39, 0.29) is 36.7 Å². The summed E-state index contributed by atoms with van der Waals surface area (Å²) in [6.07, 6.45) is 1.66. The van der Waals surface area contributed by atoms with E-state index in [9.17, 15) is 19.8 Å². The maximum absolute atomic E-state index is 13.8. The fraction of sp³-hybridized carbons (Fsp3) is 0.633. The maximum atomic E-state index is 13.8.